The Morgan fingerprint density at radius 3 is 2.73 bits per heavy atom. The molecule has 158 valence electrons. The minimum atomic E-state index is -2.61. The molecular formula is C19H20F2N6O3. The minimum absolute atomic E-state index is 0.117. The minimum Gasteiger partial charge on any atom is -0.352 e. The summed E-state index contributed by atoms with van der Waals surface area (Å²) in [5, 5.41) is 12.6. The average molecular weight is 418 g/mol. The highest BCUT2D eigenvalue weighted by atomic mass is 19.3. The van der Waals surface area contributed by atoms with Gasteiger partial charge in [-0.1, -0.05) is 11.2 Å². The van der Waals surface area contributed by atoms with Gasteiger partial charge in [-0.15, -0.1) is 0 Å². The van der Waals surface area contributed by atoms with E-state index in [1.807, 2.05) is 12.1 Å². The molecule has 0 bridgehead atoms. The van der Waals surface area contributed by atoms with Crippen LogP contribution in [0.5, 0.6) is 0 Å². The van der Waals surface area contributed by atoms with E-state index in [1.165, 1.54) is 0 Å². The number of hydrogen-bond acceptors (Lipinski definition) is 6. The Balaban J connectivity index is 1.30. The predicted octanol–water partition coefficient (Wildman–Crippen LogP) is 2.24. The number of nitrogens with zero attached hydrogens (tertiary/aromatic N) is 3. The van der Waals surface area contributed by atoms with Crippen molar-refractivity contribution >= 4 is 22.8 Å². The molecule has 9 nitrogen and oxygen atoms in total. The Hall–Kier alpha value is -3.37. The van der Waals surface area contributed by atoms with E-state index in [4.69, 9.17) is 0 Å². The van der Waals surface area contributed by atoms with Crippen LogP contribution >= 0.6 is 0 Å². The zero-order chi connectivity index (χ0) is 21.3. The topological polar surface area (TPSA) is 126 Å². The maximum atomic E-state index is 12.9. The van der Waals surface area contributed by atoms with E-state index in [0.717, 1.165) is 11.1 Å². The van der Waals surface area contributed by atoms with Crippen LogP contribution in [0.25, 0.3) is 11.0 Å². The fourth-order valence-electron chi connectivity index (χ4n) is 3.45. The summed E-state index contributed by atoms with van der Waals surface area (Å²) in [6, 6.07) is 5.47. The average Bonchev–Trinajstić information content (AvgIpc) is 3.28. The smallest absolute Gasteiger partial charge is 0.275 e. The van der Waals surface area contributed by atoms with E-state index >= 15 is 0 Å². The maximum Gasteiger partial charge on any atom is 0.275 e. The van der Waals surface area contributed by atoms with E-state index in [-0.39, 0.29) is 43.3 Å². The molecular weight excluding hydrogens is 398 g/mol. The highest BCUT2D eigenvalue weighted by molar-refractivity contribution is 5.92. The quantitative estimate of drug-likeness (QED) is 0.540. The number of nitrogens with one attached hydrogen (secondary N) is 3. The van der Waals surface area contributed by atoms with Crippen LogP contribution in [-0.2, 0) is 17.9 Å². The van der Waals surface area contributed by atoms with Crippen LogP contribution in [0.1, 0.15) is 46.8 Å². The van der Waals surface area contributed by atoms with Crippen molar-refractivity contribution in [3.05, 3.63) is 41.0 Å². The molecule has 2 aromatic heterocycles. The molecule has 2 amide bonds. The van der Waals surface area contributed by atoms with Gasteiger partial charge < -0.3 is 15.6 Å². The first-order valence-electron chi connectivity index (χ1n) is 9.48. The lowest BCUT2D eigenvalue weighted by molar-refractivity contribution is -0.133. The number of halogens is 2. The molecule has 0 spiro atoms. The number of benzene rings is 1. The fourth-order valence-corrected chi connectivity index (χ4v) is 3.45. The van der Waals surface area contributed by atoms with Crippen molar-refractivity contribution in [3.63, 3.8) is 0 Å². The number of carbonyl (C=O) groups is 2. The standard InChI is InChI=1S/C19H20F2N6O3/c1-10-17(27-30-26-10)18(29)23-9-15-24-13-3-2-11(4-14(13)25-15)8-22-16(28)5-12-6-19(20,21)7-12/h2-4,12H,5-9H2,1H3,(H,22,28)(H,23,29)(H,24,25). The normalized spacial score (nSPS) is 15.7. The van der Waals surface area contributed by atoms with E-state index in [1.54, 1.807) is 13.0 Å². The molecule has 0 saturated heterocycles. The monoisotopic (exact) mass is 418 g/mol. The van der Waals surface area contributed by atoms with Gasteiger partial charge in [0.25, 0.3) is 5.91 Å². The molecule has 0 aliphatic heterocycles. The highest BCUT2D eigenvalue weighted by Crippen LogP contribution is 2.43. The second-order valence-electron chi connectivity index (χ2n) is 7.53. The van der Waals surface area contributed by atoms with Crippen molar-refractivity contribution in [1.82, 2.24) is 30.9 Å². The van der Waals surface area contributed by atoms with Crippen molar-refractivity contribution in [2.24, 2.45) is 5.92 Å². The second-order valence-corrected chi connectivity index (χ2v) is 7.53. The zero-order valence-electron chi connectivity index (χ0n) is 16.2. The van der Waals surface area contributed by atoms with Crippen LogP contribution < -0.4 is 10.6 Å². The molecule has 1 fully saturated rings. The molecule has 0 radical (unpaired) electrons. The molecule has 1 aliphatic carbocycles. The molecule has 1 aliphatic rings. The summed E-state index contributed by atoms with van der Waals surface area (Å²) >= 11 is 0. The molecule has 2 heterocycles. The van der Waals surface area contributed by atoms with Crippen LogP contribution in [-0.4, -0.2) is 38.0 Å². The summed E-state index contributed by atoms with van der Waals surface area (Å²) in [5.41, 5.74) is 2.83. The van der Waals surface area contributed by atoms with Gasteiger partial charge in [0.15, 0.2) is 5.69 Å². The molecule has 1 saturated carbocycles. The summed E-state index contributed by atoms with van der Waals surface area (Å²) in [5.74, 6) is -2.95. The molecule has 0 atom stereocenters. The number of carbonyl (C=O) groups excluding carboxylic acids is 2. The Labute approximate surface area is 169 Å². The molecule has 30 heavy (non-hydrogen) atoms. The van der Waals surface area contributed by atoms with E-state index in [2.05, 4.69) is 35.5 Å². The van der Waals surface area contributed by atoms with Gasteiger partial charge in [0, 0.05) is 25.8 Å². The number of H-pyrrole nitrogens is 1. The number of aromatic nitrogens is 4. The summed E-state index contributed by atoms with van der Waals surface area (Å²) in [4.78, 5) is 31.5. The number of hydrogen-bond donors (Lipinski definition) is 3. The van der Waals surface area contributed by atoms with Crippen molar-refractivity contribution in [1.29, 1.82) is 0 Å². The Morgan fingerprint density at radius 2 is 2.03 bits per heavy atom. The summed E-state index contributed by atoms with van der Waals surface area (Å²) in [6.07, 6.45) is -0.314. The Kier molecular flexibility index (Phi) is 5.18. The van der Waals surface area contributed by atoms with Crippen LogP contribution in [0.3, 0.4) is 0 Å². The first-order chi connectivity index (χ1) is 14.3. The molecule has 0 unspecified atom stereocenters. The number of amides is 2. The lowest BCUT2D eigenvalue weighted by Gasteiger charge is -2.34. The number of alkyl halides is 2. The van der Waals surface area contributed by atoms with Gasteiger partial charge in [0.2, 0.25) is 11.8 Å². The van der Waals surface area contributed by atoms with Crippen molar-refractivity contribution in [3.8, 4) is 0 Å². The molecule has 4 rings (SSSR count). The Morgan fingerprint density at radius 1 is 1.23 bits per heavy atom. The summed E-state index contributed by atoms with van der Waals surface area (Å²) in [7, 11) is 0. The lowest BCUT2D eigenvalue weighted by Crippen LogP contribution is -2.38. The molecule has 3 aromatic rings. The SMILES string of the molecule is Cc1nonc1C(=O)NCc1nc2ccc(CNC(=O)CC3CC(F)(F)C3)cc2[nH]1. The third-order valence-corrected chi connectivity index (χ3v) is 5.02. The molecule has 11 heteroatoms. The largest absolute Gasteiger partial charge is 0.352 e. The third-order valence-electron chi connectivity index (χ3n) is 5.02. The van der Waals surface area contributed by atoms with Gasteiger partial charge in [0.05, 0.1) is 17.6 Å². The van der Waals surface area contributed by atoms with Gasteiger partial charge in [-0.25, -0.2) is 18.4 Å². The zero-order valence-corrected chi connectivity index (χ0v) is 16.2. The first-order valence-corrected chi connectivity index (χ1v) is 9.48. The number of imidazole rings is 1. The van der Waals surface area contributed by atoms with Crippen LogP contribution in [0.15, 0.2) is 22.8 Å². The van der Waals surface area contributed by atoms with Crippen molar-refractivity contribution in [2.75, 3.05) is 0 Å². The van der Waals surface area contributed by atoms with Crippen LogP contribution in [0, 0.1) is 12.8 Å². The van der Waals surface area contributed by atoms with Gasteiger partial charge in [-0.2, -0.15) is 0 Å². The van der Waals surface area contributed by atoms with E-state index in [0.29, 0.717) is 23.6 Å². The van der Waals surface area contributed by atoms with Crippen LogP contribution in [0.2, 0.25) is 0 Å². The number of aryl methyl sites for hydroxylation is 1. The lowest BCUT2D eigenvalue weighted by atomic mass is 9.79. The van der Waals surface area contributed by atoms with Gasteiger partial charge in [0.1, 0.15) is 11.5 Å². The van der Waals surface area contributed by atoms with Gasteiger partial charge in [-0.3, -0.25) is 9.59 Å². The van der Waals surface area contributed by atoms with Crippen molar-refractivity contribution in [2.45, 2.75) is 45.2 Å². The number of fused-ring (bicyclic) bond motifs is 1. The van der Waals surface area contributed by atoms with E-state index in [9.17, 15) is 18.4 Å². The van der Waals surface area contributed by atoms with E-state index < -0.39 is 11.8 Å². The Bertz CT molecular complexity index is 1090. The number of rotatable bonds is 7. The van der Waals surface area contributed by atoms with Gasteiger partial charge >= 0.3 is 0 Å². The molecule has 3 N–H and O–H groups in total. The first kappa shape index (κ1) is 19.9. The van der Waals surface area contributed by atoms with Crippen LogP contribution in [0.4, 0.5) is 8.78 Å². The number of aromatic amines is 1. The molecule has 1 aromatic carbocycles. The summed E-state index contributed by atoms with van der Waals surface area (Å²) in [6.45, 7) is 2.08. The second kappa shape index (κ2) is 7.81. The highest BCUT2D eigenvalue weighted by Gasteiger charge is 2.45. The fraction of sp³-hybridized carbons (Fsp3) is 0.421. The predicted molar refractivity (Wildman–Crippen MR) is 100 cm³/mol. The van der Waals surface area contributed by atoms with Crippen molar-refractivity contribution < 1.29 is 23.0 Å². The third kappa shape index (κ3) is 4.44. The van der Waals surface area contributed by atoms with Gasteiger partial charge in [-0.05, 0) is 35.7 Å². The summed E-state index contributed by atoms with van der Waals surface area (Å²) < 4.78 is 30.2. The maximum absolute atomic E-state index is 12.9.